The fraction of sp³-hybridized carbons (Fsp3) is 0.133. The minimum atomic E-state index is -1.03. The van der Waals surface area contributed by atoms with Crippen LogP contribution in [0, 0.1) is 18.6 Å². The SMILES string of the molecule is Cc1occc1-c1nnc(SCC(=O)Nc2ccc(F)c(F)c2)n1N. The monoisotopic (exact) mass is 365 g/mol. The molecule has 0 spiro atoms. The summed E-state index contributed by atoms with van der Waals surface area (Å²) in [7, 11) is 0. The van der Waals surface area contributed by atoms with Gasteiger partial charge in [-0.05, 0) is 25.1 Å². The number of benzene rings is 1. The van der Waals surface area contributed by atoms with Gasteiger partial charge in [0.05, 0.1) is 17.6 Å². The molecule has 2 aromatic heterocycles. The average molecular weight is 365 g/mol. The normalized spacial score (nSPS) is 10.8. The van der Waals surface area contributed by atoms with Crippen molar-refractivity contribution in [3.05, 3.63) is 47.9 Å². The Morgan fingerprint density at radius 2 is 2.12 bits per heavy atom. The molecule has 2 heterocycles. The standard InChI is InChI=1S/C15H13F2N5O2S/c1-8-10(4-5-24-8)14-20-21-15(22(14)18)25-7-13(23)19-9-2-3-11(16)12(17)6-9/h2-6H,7,18H2,1H3,(H,19,23). The predicted octanol–water partition coefficient (Wildman–Crippen LogP) is 2.57. The van der Waals surface area contributed by atoms with E-state index in [9.17, 15) is 13.6 Å². The second-order valence-electron chi connectivity index (χ2n) is 5.03. The highest BCUT2D eigenvalue weighted by atomic mass is 32.2. The van der Waals surface area contributed by atoms with Gasteiger partial charge in [0, 0.05) is 11.8 Å². The maximum absolute atomic E-state index is 13.1. The van der Waals surface area contributed by atoms with Gasteiger partial charge in [-0.1, -0.05) is 11.8 Å². The van der Waals surface area contributed by atoms with Crippen LogP contribution in [0.25, 0.3) is 11.4 Å². The minimum Gasteiger partial charge on any atom is -0.469 e. The van der Waals surface area contributed by atoms with E-state index < -0.39 is 17.5 Å². The van der Waals surface area contributed by atoms with Crippen molar-refractivity contribution in [2.45, 2.75) is 12.1 Å². The predicted molar refractivity (Wildman–Crippen MR) is 88.3 cm³/mol. The van der Waals surface area contributed by atoms with Crippen molar-refractivity contribution in [2.75, 3.05) is 16.9 Å². The number of carbonyl (C=O) groups excluding carboxylic acids is 1. The van der Waals surface area contributed by atoms with Crippen LogP contribution in [0.2, 0.25) is 0 Å². The van der Waals surface area contributed by atoms with E-state index in [0.717, 1.165) is 23.9 Å². The number of carbonyl (C=O) groups is 1. The van der Waals surface area contributed by atoms with Crippen LogP contribution in [-0.4, -0.2) is 26.5 Å². The number of amides is 1. The summed E-state index contributed by atoms with van der Waals surface area (Å²) in [6.45, 7) is 1.77. The molecule has 7 nitrogen and oxygen atoms in total. The number of nitrogens with one attached hydrogen (secondary N) is 1. The molecule has 130 valence electrons. The molecule has 25 heavy (non-hydrogen) atoms. The largest absolute Gasteiger partial charge is 0.469 e. The Bertz CT molecular complexity index is 925. The molecule has 0 aliphatic heterocycles. The second-order valence-corrected chi connectivity index (χ2v) is 5.97. The van der Waals surface area contributed by atoms with Gasteiger partial charge in [0.1, 0.15) is 5.76 Å². The lowest BCUT2D eigenvalue weighted by molar-refractivity contribution is -0.113. The van der Waals surface area contributed by atoms with E-state index >= 15 is 0 Å². The number of hydrogen-bond donors (Lipinski definition) is 2. The number of nitrogens with two attached hydrogens (primary N) is 1. The van der Waals surface area contributed by atoms with Crippen LogP contribution >= 0.6 is 11.8 Å². The third-order valence-corrected chi connectivity index (χ3v) is 4.24. The van der Waals surface area contributed by atoms with E-state index in [1.165, 1.54) is 17.0 Å². The lowest BCUT2D eigenvalue weighted by atomic mass is 10.2. The van der Waals surface area contributed by atoms with Crippen molar-refractivity contribution < 1.29 is 18.0 Å². The van der Waals surface area contributed by atoms with Crippen LogP contribution in [-0.2, 0) is 4.79 Å². The molecule has 1 amide bonds. The Balaban J connectivity index is 1.64. The first kappa shape index (κ1) is 17.0. The first-order chi connectivity index (χ1) is 12.0. The highest BCUT2D eigenvalue weighted by Gasteiger charge is 2.16. The van der Waals surface area contributed by atoms with Gasteiger partial charge >= 0.3 is 0 Å². The highest BCUT2D eigenvalue weighted by Crippen LogP contribution is 2.25. The molecule has 0 aliphatic carbocycles. The molecule has 10 heteroatoms. The Morgan fingerprint density at radius 1 is 1.32 bits per heavy atom. The molecule has 0 unspecified atom stereocenters. The van der Waals surface area contributed by atoms with Crippen LogP contribution in [0.3, 0.4) is 0 Å². The molecule has 0 saturated carbocycles. The second kappa shape index (κ2) is 6.93. The molecule has 1 aromatic carbocycles. The van der Waals surface area contributed by atoms with Crippen LogP contribution in [0.5, 0.6) is 0 Å². The molecular formula is C15H13F2N5O2S. The summed E-state index contributed by atoms with van der Waals surface area (Å²) >= 11 is 1.06. The third kappa shape index (κ3) is 3.63. The van der Waals surface area contributed by atoms with E-state index in [1.807, 2.05) is 0 Å². The van der Waals surface area contributed by atoms with Gasteiger partial charge in [0.2, 0.25) is 11.1 Å². The Hall–Kier alpha value is -2.88. The molecule has 3 N–H and O–H groups in total. The molecule has 0 atom stereocenters. The maximum atomic E-state index is 13.1. The highest BCUT2D eigenvalue weighted by molar-refractivity contribution is 7.99. The van der Waals surface area contributed by atoms with Gasteiger partial charge in [-0.15, -0.1) is 10.2 Å². The van der Waals surface area contributed by atoms with Crippen molar-refractivity contribution in [3.63, 3.8) is 0 Å². The number of anilines is 1. The number of aromatic nitrogens is 3. The van der Waals surface area contributed by atoms with Gasteiger partial charge in [-0.3, -0.25) is 4.79 Å². The molecule has 0 saturated heterocycles. The van der Waals surface area contributed by atoms with E-state index in [0.29, 0.717) is 22.3 Å². The topological polar surface area (TPSA) is 99.0 Å². The number of nitrogens with zero attached hydrogens (tertiary/aromatic N) is 3. The number of halogens is 2. The summed E-state index contributed by atoms with van der Waals surface area (Å²) in [5.74, 6) is 4.54. The summed E-state index contributed by atoms with van der Waals surface area (Å²) in [6, 6.07) is 4.83. The number of rotatable bonds is 5. The number of nitrogen functional groups attached to an aromatic ring is 1. The zero-order valence-corrected chi connectivity index (χ0v) is 13.8. The van der Waals surface area contributed by atoms with E-state index in [-0.39, 0.29) is 11.4 Å². The van der Waals surface area contributed by atoms with Crippen molar-refractivity contribution in [1.29, 1.82) is 0 Å². The van der Waals surface area contributed by atoms with Crippen LogP contribution in [0.15, 0.2) is 40.1 Å². The first-order valence-corrected chi connectivity index (χ1v) is 8.07. The van der Waals surface area contributed by atoms with Gasteiger partial charge in [-0.25, -0.2) is 13.5 Å². The minimum absolute atomic E-state index is 0.0291. The zero-order chi connectivity index (χ0) is 18.0. The van der Waals surface area contributed by atoms with Crippen LogP contribution < -0.4 is 11.2 Å². The third-order valence-electron chi connectivity index (χ3n) is 3.30. The molecule has 3 aromatic rings. The summed E-state index contributed by atoms with van der Waals surface area (Å²) in [5.41, 5.74) is 0.863. The van der Waals surface area contributed by atoms with Crippen molar-refractivity contribution in [1.82, 2.24) is 14.9 Å². The molecule has 3 rings (SSSR count). The molecule has 0 aliphatic rings. The summed E-state index contributed by atoms with van der Waals surface area (Å²) in [5, 5.41) is 10.7. The quantitative estimate of drug-likeness (QED) is 0.533. The van der Waals surface area contributed by atoms with Crippen molar-refractivity contribution in [3.8, 4) is 11.4 Å². The first-order valence-electron chi connectivity index (χ1n) is 7.08. The van der Waals surface area contributed by atoms with Crippen molar-refractivity contribution >= 4 is 23.4 Å². The van der Waals surface area contributed by atoms with E-state index in [2.05, 4.69) is 15.5 Å². The van der Waals surface area contributed by atoms with Crippen molar-refractivity contribution in [2.24, 2.45) is 0 Å². The van der Waals surface area contributed by atoms with Gasteiger partial charge in [0.25, 0.3) is 0 Å². The number of thioether (sulfide) groups is 1. The summed E-state index contributed by atoms with van der Waals surface area (Å²) in [6.07, 6.45) is 1.52. The fourth-order valence-electron chi connectivity index (χ4n) is 2.08. The van der Waals surface area contributed by atoms with Gasteiger partial charge in [0.15, 0.2) is 17.5 Å². The fourth-order valence-corrected chi connectivity index (χ4v) is 2.73. The molecular weight excluding hydrogens is 352 g/mol. The van der Waals surface area contributed by atoms with E-state index in [1.54, 1.807) is 13.0 Å². The van der Waals surface area contributed by atoms with Gasteiger partial charge in [-0.2, -0.15) is 0 Å². The average Bonchev–Trinajstić information content (AvgIpc) is 3.14. The Morgan fingerprint density at radius 3 is 2.80 bits per heavy atom. The smallest absolute Gasteiger partial charge is 0.234 e. The Labute approximate surface area is 145 Å². The zero-order valence-electron chi connectivity index (χ0n) is 13.0. The molecule has 0 radical (unpaired) electrons. The number of furan rings is 1. The summed E-state index contributed by atoms with van der Waals surface area (Å²) in [4.78, 5) is 11.9. The molecule has 0 fully saturated rings. The summed E-state index contributed by atoms with van der Waals surface area (Å²) < 4.78 is 32.5. The lowest BCUT2D eigenvalue weighted by Gasteiger charge is -2.06. The van der Waals surface area contributed by atoms with Crippen LogP contribution in [0.1, 0.15) is 5.76 Å². The van der Waals surface area contributed by atoms with E-state index in [4.69, 9.17) is 10.3 Å². The lowest BCUT2D eigenvalue weighted by Crippen LogP contribution is -2.16. The maximum Gasteiger partial charge on any atom is 0.234 e. The van der Waals surface area contributed by atoms with Gasteiger partial charge < -0.3 is 15.6 Å². The molecule has 0 bridgehead atoms. The van der Waals surface area contributed by atoms with Crippen LogP contribution in [0.4, 0.5) is 14.5 Å². The Kier molecular flexibility index (Phi) is 4.70. The number of hydrogen-bond acceptors (Lipinski definition) is 6. The number of aryl methyl sites for hydroxylation is 1.